The average molecular weight is 279 g/mol. The van der Waals surface area contributed by atoms with Gasteiger partial charge in [0.25, 0.3) is 5.56 Å². The molecule has 0 unspecified atom stereocenters. The van der Waals surface area contributed by atoms with Crippen LogP contribution in [0.1, 0.15) is 18.1 Å². The number of aromatic nitrogens is 2. The van der Waals surface area contributed by atoms with Crippen molar-refractivity contribution in [1.29, 1.82) is 0 Å². The number of rotatable bonds is 4. The molecule has 0 radical (unpaired) electrons. The lowest BCUT2D eigenvalue weighted by Crippen LogP contribution is -2.22. The summed E-state index contributed by atoms with van der Waals surface area (Å²) in [5.41, 5.74) is 1.88. The molecule has 1 heterocycles. The van der Waals surface area contributed by atoms with Crippen LogP contribution in [0.15, 0.2) is 35.3 Å². The predicted octanol–water partition coefficient (Wildman–Crippen LogP) is 2.80. The minimum atomic E-state index is -0.328. The van der Waals surface area contributed by atoms with Gasteiger partial charge in [-0.05, 0) is 19.4 Å². The number of ether oxygens (including phenoxy) is 1. The largest absolute Gasteiger partial charge is 0.485 e. The zero-order chi connectivity index (χ0) is 13.8. The zero-order valence-electron chi connectivity index (χ0n) is 10.9. The van der Waals surface area contributed by atoms with E-state index >= 15 is 0 Å². The zero-order valence-corrected chi connectivity index (χ0v) is 11.6. The maximum atomic E-state index is 11.8. The minimum Gasteiger partial charge on any atom is -0.485 e. The molecule has 0 aliphatic heterocycles. The summed E-state index contributed by atoms with van der Waals surface area (Å²) in [5, 5.41) is 4.05. The number of benzene rings is 1. The Morgan fingerprint density at radius 3 is 2.63 bits per heavy atom. The number of aryl methyl sites for hydroxylation is 2. The van der Waals surface area contributed by atoms with Gasteiger partial charge in [0.15, 0.2) is 10.8 Å². The molecule has 0 spiro atoms. The second kappa shape index (κ2) is 5.89. The van der Waals surface area contributed by atoms with Crippen molar-refractivity contribution >= 4 is 11.6 Å². The Labute approximate surface area is 116 Å². The van der Waals surface area contributed by atoms with Crippen LogP contribution in [0.25, 0.3) is 0 Å². The second-order valence-electron chi connectivity index (χ2n) is 4.22. The van der Waals surface area contributed by atoms with Crippen LogP contribution < -0.4 is 10.3 Å². The third kappa shape index (κ3) is 3.15. The van der Waals surface area contributed by atoms with Crippen LogP contribution in [0.2, 0.25) is 5.02 Å². The predicted molar refractivity (Wildman–Crippen MR) is 74.7 cm³/mol. The van der Waals surface area contributed by atoms with Gasteiger partial charge >= 0.3 is 0 Å². The summed E-state index contributed by atoms with van der Waals surface area (Å²) < 4.78 is 6.83. The molecule has 100 valence electrons. The molecule has 0 bridgehead atoms. The summed E-state index contributed by atoms with van der Waals surface area (Å²) in [6.07, 6.45) is 1.47. The fourth-order valence-corrected chi connectivity index (χ4v) is 1.82. The van der Waals surface area contributed by atoms with Crippen molar-refractivity contribution in [1.82, 2.24) is 9.78 Å². The van der Waals surface area contributed by atoms with E-state index in [9.17, 15) is 4.79 Å². The van der Waals surface area contributed by atoms with Crippen LogP contribution in [0.4, 0.5) is 0 Å². The highest BCUT2D eigenvalue weighted by molar-refractivity contribution is 6.31. The van der Waals surface area contributed by atoms with E-state index in [4.69, 9.17) is 16.3 Å². The van der Waals surface area contributed by atoms with Gasteiger partial charge in [0, 0.05) is 6.54 Å². The molecule has 4 nitrogen and oxygen atoms in total. The molecule has 1 aromatic heterocycles. The second-order valence-corrected chi connectivity index (χ2v) is 4.60. The number of halogens is 1. The molecule has 0 aliphatic carbocycles. The third-order valence-electron chi connectivity index (χ3n) is 2.77. The maximum Gasteiger partial charge on any atom is 0.289 e. The summed E-state index contributed by atoms with van der Waals surface area (Å²) in [4.78, 5) is 11.8. The summed E-state index contributed by atoms with van der Waals surface area (Å²) >= 11 is 5.97. The molecule has 2 aromatic rings. The minimum absolute atomic E-state index is 0.0731. The lowest BCUT2D eigenvalue weighted by Gasteiger charge is -2.09. The lowest BCUT2D eigenvalue weighted by molar-refractivity contribution is 0.302. The Balaban J connectivity index is 2.14. The molecule has 5 heteroatoms. The fourth-order valence-electron chi connectivity index (χ4n) is 1.62. The molecule has 0 atom stereocenters. The molecule has 1 aromatic carbocycles. The van der Waals surface area contributed by atoms with Crippen molar-refractivity contribution in [3.8, 4) is 5.75 Å². The third-order valence-corrected chi connectivity index (χ3v) is 3.12. The lowest BCUT2D eigenvalue weighted by atomic mass is 10.2. The Kier molecular flexibility index (Phi) is 4.22. The SMILES string of the molecule is CCn1ncc(OCc2ccc(C)cc2)c(Cl)c1=O. The molecule has 0 N–H and O–H groups in total. The van der Waals surface area contributed by atoms with Crippen molar-refractivity contribution in [2.45, 2.75) is 27.0 Å². The molecule has 0 saturated carbocycles. The highest BCUT2D eigenvalue weighted by atomic mass is 35.5. The van der Waals surface area contributed by atoms with Crippen LogP contribution >= 0.6 is 11.6 Å². The molecule has 0 fully saturated rings. The van der Waals surface area contributed by atoms with E-state index in [1.807, 2.05) is 38.1 Å². The highest BCUT2D eigenvalue weighted by Gasteiger charge is 2.09. The Morgan fingerprint density at radius 2 is 2.00 bits per heavy atom. The van der Waals surface area contributed by atoms with Crippen LogP contribution in [0.5, 0.6) is 5.75 Å². The number of nitrogens with zero attached hydrogens (tertiary/aromatic N) is 2. The van der Waals surface area contributed by atoms with Gasteiger partial charge in [-0.3, -0.25) is 4.79 Å². The normalized spacial score (nSPS) is 10.5. The molecule has 0 amide bonds. The topological polar surface area (TPSA) is 44.1 Å². The van der Waals surface area contributed by atoms with E-state index in [0.29, 0.717) is 18.9 Å². The van der Waals surface area contributed by atoms with Gasteiger partial charge in [-0.25, -0.2) is 4.68 Å². The van der Waals surface area contributed by atoms with Crippen molar-refractivity contribution in [2.24, 2.45) is 0 Å². The van der Waals surface area contributed by atoms with Gasteiger partial charge in [0.2, 0.25) is 0 Å². The number of hydrogen-bond acceptors (Lipinski definition) is 3. The van der Waals surface area contributed by atoms with Gasteiger partial charge in [0.05, 0.1) is 6.20 Å². The Bertz CT molecular complexity index is 620. The summed E-state index contributed by atoms with van der Waals surface area (Å²) in [7, 11) is 0. The van der Waals surface area contributed by atoms with Crippen LogP contribution in [-0.4, -0.2) is 9.78 Å². The van der Waals surface area contributed by atoms with Crippen molar-refractivity contribution in [3.63, 3.8) is 0 Å². The van der Waals surface area contributed by atoms with Crippen LogP contribution in [0.3, 0.4) is 0 Å². The molecule has 0 aliphatic rings. The van der Waals surface area contributed by atoms with Gasteiger partial charge in [-0.1, -0.05) is 41.4 Å². The smallest absolute Gasteiger partial charge is 0.289 e. The number of hydrogen-bond donors (Lipinski definition) is 0. The molecular formula is C14H15ClN2O2. The monoisotopic (exact) mass is 278 g/mol. The van der Waals surface area contributed by atoms with Gasteiger partial charge in [-0.15, -0.1) is 0 Å². The highest BCUT2D eigenvalue weighted by Crippen LogP contribution is 2.19. The average Bonchev–Trinajstić information content (AvgIpc) is 2.42. The van der Waals surface area contributed by atoms with Gasteiger partial charge in [0.1, 0.15) is 6.61 Å². The van der Waals surface area contributed by atoms with Crippen molar-refractivity contribution in [2.75, 3.05) is 0 Å². The summed E-state index contributed by atoms with van der Waals surface area (Å²) in [6.45, 7) is 4.70. The van der Waals surface area contributed by atoms with E-state index in [0.717, 1.165) is 5.56 Å². The quantitative estimate of drug-likeness (QED) is 0.864. The van der Waals surface area contributed by atoms with Crippen molar-refractivity contribution in [3.05, 3.63) is 57.0 Å². The van der Waals surface area contributed by atoms with E-state index < -0.39 is 0 Å². The van der Waals surface area contributed by atoms with Gasteiger partial charge < -0.3 is 4.74 Å². The first-order valence-corrected chi connectivity index (χ1v) is 6.43. The fraction of sp³-hybridized carbons (Fsp3) is 0.286. The first kappa shape index (κ1) is 13.6. The molecule has 0 saturated heterocycles. The van der Waals surface area contributed by atoms with E-state index in [1.54, 1.807) is 0 Å². The van der Waals surface area contributed by atoms with E-state index in [2.05, 4.69) is 5.10 Å². The standard InChI is InChI=1S/C14H15ClN2O2/c1-3-17-14(18)13(15)12(8-16-17)19-9-11-6-4-10(2)5-7-11/h4-8H,3,9H2,1-2H3. The van der Waals surface area contributed by atoms with E-state index in [1.165, 1.54) is 16.4 Å². The Morgan fingerprint density at radius 1 is 1.32 bits per heavy atom. The molecule has 2 rings (SSSR count). The molecule has 19 heavy (non-hydrogen) atoms. The first-order valence-electron chi connectivity index (χ1n) is 6.05. The summed E-state index contributed by atoms with van der Waals surface area (Å²) in [6, 6.07) is 7.97. The van der Waals surface area contributed by atoms with E-state index in [-0.39, 0.29) is 10.6 Å². The Hall–Kier alpha value is -1.81. The van der Waals surface area contributed by atoms with Crippen LogP contribution in [-0.2, 0) is 13.2 Å². The summed E-state index contributed by atoms with van der Waals surface area (Å²) in [5.74, 6) is 0.317. The van der Waals surface area contributed by atoms with Crippen molar-refractivity contribution < 1.29 is 4.74 Å². The van der Waals surface area contributed by atoms with Gasteiger partial charge in [-0.2, -0.15) is 5.10 Å². The maximum absolute atomic E-state index is 11.8. The first-order chi connectivity index (χ1) is 9.11. The molecular weight excluding hydrogens is 264 g/mol. The van der Waals surface area contributed by atoms with Crippen LogP contribution in [0, 0.1) is 6.92 Å².